The number of rotatable bonds is 5. The van der Waals surface area contributed by atoms with Gasteiger partial charge in [-0.25, -0.2) is 4.79 Å². The van der Waals surface area contributed by atoms with Crippen molar-refractivity contribution in [2.45, 2.75) is 52.1 Å². The van der Waals surface area contributed by atoms with Crippen LogP contribution in [0.1, 0.15) is 42.5 Å². The second kappa shape index (κ2) is 10.5. The number of aromatic hydroxyl groups is 1. The van der Waals surface area contributed by atoms with Gasteiger partial charge in [-0.05, 0) is 66.0 Å². The van der Waals surface area contributed by atoms with E-state index in [1.165, 1.54) is 16.7 Å². The number of hydrogen-bond acceptors (Lipinski definition) is 3. The number of benzene rings is 2. The summed E-state index contributed by atoms with van der Waals surface area (Å²) in [5, 5.41) is 16.1. The van der Waals surface area contributed by atoms with Crippen LogP contribution in [-0.4, -0.2) is 42.2 Å². The summed E-state index contributed by atoms with van der Waals surface area (Å²) in [6, 6.07) is 14.4. The molecule has 0 fully saturated rings. The maximum absolute atomic E-state index is 12.5. The second-order valence-corrected chi connectivity index (χ2v) is 8.17. The van der Waals surface area contributed by atoms with Gasteiger partial charge in [0.05, 0.1) is 0 Å². The number of fused-ring (bicyclic) bond motifs is 2. The quantitative estimate of drug-likeness (QED) is 0.702. The number of nitrogens with one attached hydrogen (secondary N) is 2. The second-order valence-electron chi connectivity index (χ2n) is 8.17. The van der Waals surface area contributed by atoms with Crippen LogP contribution in [0, 0.1) is 5.92 Å². The van der Waals surface area contributed by atoms with Gasteiger partial charge in [0.15, 0.2) is 0 Å². The highest BCUT2D eigenvalue weighted by Crippen LogP contribution is 2.28. The van der Waals surface area contributed by atoms with Gasteiger partial charge in [0.1, 0.15) is 5.75 Å². The van der Waals surface area contributed by atoms with E-state index < -0.39 is 0 Å². The fourth-order valence-corrected chi connectivity index (χ4v) is 4.39. The molecule has 5 nitrogen and oxygen atoms in total. The van der Waals surface area contributed by atoms with E-state index in [4.69, 9.17) is 0 Å². The Morgan fingerprint density at radius 2 is 1.73 bits per heavy atom. The molecule has 1 aliphatic carbocycles. The molecule has 2 amide bonds. The first-order valence-electron chi connectivity index (χ1n) is 11.2. The topological polar surface area (TPSA) is 64.6 Å². The van der Waals surface area contributed by atoms with Crippen LogP contribution < -0.4 is 10.6 Å². The van der Waals surface area contributed by atoms with E-state index in [-0.39, 0.29) is 12.1 Å². The number of phenolic OH excluding ortho intramolecular Hbond substituents is 1. The summed E-state index contributed by atoms with van der Waals surface area (Å²) in [5.41, 5.74) is 5.32. The van der Waals surface area contributed by atoms with Crippen LogP contribution >= 0.6 is 0 Å². The summed E-state index contributed by atoms with van der Waals surface area (Å²) in [6.45, 7) is 6.12. The molecule has 0 aromatic heterocycles. The van der Waals surface area contributed by atoms with Gasteiger partial charge in [0.2, 0.25) is 0 Å². The largest absolute Gasteiger partial charge is 0.508 e. The van der Waals surface area contributed by atoms with Crippen LogP contribution in [0.2, 0.25) is 0 Å². The maximum Gasteiger partial charge on any atom is 0.317 e. The summed E-state index contributed by atoms with van der Waals surface area (Å²) in [6.07, 6.45) is 4.16. The first-order chi connectivity index (χ1) is 14.6. The highest BCUT2D eigenvalue weighted by molar-refractivity contribution is 5.73. The Hall–Kier alpha value is -2.53. The molecule has 0 saturated carbocycles. The minimum atomic E-state index is -0.00573. The molecule has 1 heterocycles. The van der Waals surface area contributed by atoms with Gasteiger partial charge in [-0.1, -0.05) is 44.2 Å². The molecule has 2 aliphatic rings. The van der Waals surface area contributed by atoms with Crippen LogP contribution in [-0.2, 0) is 25.8 Å². The van der Waals surface area contributed by atoms with E-state index in [0.717, 1.165) is 44.3 Å². The third-order valence-corrected chi connectivity index (χ3v) is 6.09. The van der Waals surface area contributed by atoms with E-state index in [0.29, 0.717) is 18.2 Å². The zero-order valence-electron chi connectivity index (χ0n) is 18.4. The van der Waals surface area contributed by atoms with Crippen molar-refractivity contribution >= 4 is 6.03 Å². The van der Waals surface area contributed by atoms with Crippen molar-refractivity contribution in [1.82, 2.24) is 15.5 Å². The molecule has 0 bridgehead atoms. The summed E-state index contributed by atoms with van der Waals surface area (Å²) < 4.78 is 0. The van der Waals surface area contributed by atoms with Gasteiger partial charge in [-0.15, -0.1) is 0 Å². The van der Waals surface area contributed by atoms with E-state index in [9.17, 15) is 9.90 Å². The van der Waals surface area contributed by atoms with Crippen molar-refractivity contribution < 1.29 is 9.90 Å². The zero-order valence-corrected chi connectivity index (χ0v) is 18.4. The molecule has 0 saturated heterocycles. The van der Waals surface area contributed by atoms with Crippen molar-refractivity contribution in [2.75, 3.05) is 20.1 Å². The lowest BCUT2D eigenvalue weighted by molar-refractivity contribution is 0.204. The third-order valence-electron chi connectivity index (χ3n) is 6.09. The summed E-state index contributed by atoms with van der Waals surface area (Å²) in [5.74, 6) is 0.944. The van der Waals surface area contributed by atoms with Crippen LogP contribution in [0.15, 0.2) is 42.5 Å². The number of carbonyl (C=O) groups excluding carboxylic acids is 1. The first-order valence-corrected chi connectivity index (χ1v) is 11.2. The Labute approximate surface area is 180 Å². The fraction of sp³-hybridized carbons (Fsp3) is 0.480. The molecule has 30 heavy (non-hydrogen) atoms. The van der Waals surface area contributed by atoms with Crippen molar-refractivity contribution in [3.63, 3.8) is 0 Å². The Morgan fingerprint density at radius 3 is 2.43 bits per heavy atom. The molecular weight excluding hydrogens is 374 g/mol. The molecule has 0 radical (unpaired) electrons. The van der Waals surface area contributed by atoms with Crippen LogP contribution in [0.5, 0.6) is 5.75 Å². The standard InChI is InChI=1S/C23H29N3O2.C2H6/c1-26(9-8-16-10-17-4-2-3-5-18(17)11-16)23(28)25-15-21-12-19-6-7-22(27)13-20(19)14-24-21;1-2/h2-7,13,16,21,24,27H,8-12,14-15H2,1H3,(H,25,28);1-2H3. The molecule has 1 atom stereocenters. The average Bonchev–Trinajstić information content (AvgIpc) is 3.20. The van der Waals surface area contributed by atoms with E-state index in [2.05, 4.69) is 34.9 Å². The van der Waals surface area contributed by atoms with Crippen LogP contribution in [0.3, 0.4) is 0 Å². The number of hydrogen-bond donors (Lipinski definition) is 3. The minimum absolute atomic E-state index is 0.00573. The number of amides is 2. The lowest BCUT2D eigenvalue weighted by Gasteiger charge is -2.27. The van der Waals surface area contributed by atoms with Crippen LogP contribution in [0.4, 0.5) is 4.79 Å². The van der Waals surface area contributed by atoms with Gasteiger partial charge in [-0.3, -0.25) is 0 Å². The Kier molecular flexibility index (Phi) is 7.75. The molecule has 4 rings (SSSR count). The summed E-state index contributed by atoms with van der Waals surface area (Å²) in [4.78, 5) is 14.3. The molecule has 162 valence electrons. The molecule has 0 spiro atoms. The molecule has 1 unspecified atom stereocenters. The summed E-state index contributed by atoms with van der Waals surface area (Å²) >= 11 is 0. The molecular formula is C25H35N3O2. The SMILES string of the molecule is CC.CN(CCC1Cc2ccccc2C1)C(=O)NCC1Cc2ccc(O)cc2CN1. The van der Waals surface area contributed by atoms with Gasteiger partial charge in [-0.2, -0.15) is 0 Å². The maximum atomic E-state index is 12.5. The number of nitrogens with zero attached hydrogens (tertiary/aromatic N) is 1. The Morgan fingerprint density at radius 1 is 1.07 bits per heavy atom. The predicted molar refractivity (Wildman–Crippen MR) is 122 cm³/mol. The minimum Gasteiger partial charge on any atom is -0.508 e. The number of phenols is 1. The van der Waals surface area contributed by atoms with Crippen molar-refractivity contribution in [2.24, 2.45) is 5.92 Å². The highest BCUT2D eigenvalue weighted by atomic mass is 16.3. The van der Waals surface area contributed by atoms with E-state index in [1.54, 1.807) is 11.0 Å². The van der Waals surface area contributed by atoms with E-state index >= 15 is 0 Å². The van der Waals surface area contributed by atoms with Crippen LogP contribution in [0.25, 0.3) is 0 Å². The smallest absolute Gasteiger partial charge is 0.317 e. The molecule has 5 heteroatoms. The molecule has 3 N–H and O–H groups in total. The molecule has 1 aliphatic heterocycles. The van der Waals surface area contributed by atoms with Gasteiger partial charge >= 0.3 is 6.03 Å². The Bertz CT molecular complexity index is 827. The van der Waals surface area contributed by atoms with Crippen molar-refractivity contribution in [3.05, 3.63) is 64.7 Å². The Balaban J connectivity index is 0.00000124. The summed E-state index contributed by atoms with van der Waals surface area (Å²) in [7, 11) is 1.88. The normalized spacial score (nSPS) is 17.4. The van der Waals surface area contributed by atoms with Gasteiger partial charge in [0.25, 0.3) is 0 Å². The monoisotopic (exact) mass is 409 g/mol. The van der Waals surface area contributed by atoms with Crippen molar-refractivity contribution in [1.29, 1.82) is 0 Å². The molecule has 2 aromatic rings. The lowest BCUT2D eigenvalue weighted by Crippen LogP contribution is -2.47. The molecule has 2 aromatic carbocycles. The highest BCUT2D eigenvalue weighted by Gasteiger charge is 2.23. The lowest BCUT2D eigenvalue weighted by atomic mass is 9.95. The van der Waals surface area contributed by atoms with Crippen molar-refractivity contribution in [3.8, 4) is 5.75 Å². The van der Waals surface area contributed by atoms with Gasteiger partial charge in [0, 0.05) is 32.7 Å². The van der Waals surface area contributed by atoms with E-state index in [1.807, 2.05) is 33.0 Å². The fourth-order valence-electron chi connectivity index (χ4n) is 4.39. The average molecular weight is 410 g/mol. The predicted octanol–water partition coefficient (Wildman–Crippen LogP) is 3.88. The number of carbonyl (C=O) groups is 1. The van der Waals surface area contributed by atoms with Gasteiger partial charge < -0.3 is 20.6 Å². The first kappa shape index (κ1) is 22.2. The number of urea groups is 1. The zero-order chi connectivity index (χ0) is 21.5. The third kappa shape index (κ3) is 5.54.